The minimum absolute atomic E-state index is 0.0145. The Morgan fingerprint density at radius 1 is 1.39 bits per heavy atom. The fourth-order valence-corrected chi connectivity index (χ4v) is 1.30. The predicted octanol–water partition coefficient (Wildman–Crippen LogP) is -0.755. The van der Waals surface area contributed by atoms with E-state index < -0.39 is 23.4 Å². The maximum atomic E-state index is 11.4. The van der Waals surface area contributed by atoms with Gasteiger partial charge in [-0.2, -0.15) is 0 Å². The van der Waals surface area contributed by atoms with Crippen molar-refractivity contribution in [3.63, 3.8) is 0 Å². The Morgan fingerprint density at radius 2 is 2.00 bits per heavy atom. The molecule has 0 aliphatic carbocycles. The predicted molar refractivity (Wildman–Crippen MR) is 64.0 cm³/mol. The van der Waals surface area contributed by atoms with Crippen molar-refractivity contribution in [2.45, 2.75) is 31.7 Å². The van der Waals surface area contributed by atoms with Crippen LogP contribution in [-0.4, -0.2) is 30.1 Å². The zero-order valence-corrected chi connectivity index (χ0v) is 10.2. The summed E-state index contributed by atoms with van der Waals surface area (Å²) >= 11 is 0. The van der Waals surface area contributed by atoms with Gasteiger partial charge in [0.05, 0.1) is 6.61 Å². The monoisotopic (exact) mass is 255 g/mol. The Hall–Kier alpha value is -2.23. The fourth-order valence-electron chi connectivity index (χ4n) is 1.30. The van der Waals surface area contributed by atoms with Crippen LogP contribution in [0.5, 0.6) is 0 Å². The number of amides is 3. The molecule has 3 amide bonds. The van der Waals surface area contributed by atoms with Crippen LogP contribution in [0.3, 0.4) is 0 Å². The first-order valence-corrected chi connectivity index (χ1v) is 5.39. The van der Waals surface area contributed by atoms with Crippen LogP contribution in [-0.2, 0) is 14.3 Å². The molecule has 0 saturated heterocycles. The summed E-state index contributed by atoms with van der Waals surface area (Å²) in [4.78, 5) is 33.3. The van der Waals surface area contributed by atoms with Gasteiger partial charge >= 0.3 is 6.09 Å². The van der Waals surface area contributed by atoms with Crippen LogP contribution in [0, 0.1) is 12.3 Å². The molecular formula is C11H17N3O4. The standard InChI is InChI=1S/C11H17N3O4/c1-3-11(9(13)16,7-5-6-8(12)15)14-10(17)18-4-2/h1H,4-7H2,2H3,(H2,12,15)(H2,13,16)(H,14,17). The summed E-state index contributed by atoms with van der Waals surface area (Å²) in [5, 5.41) is 2.23. The minimum atomic E-state index is -1.66. The molecule has 5 N–H and O–H groups in total. The molecule has 0 aliphatic rings. The Bertz CT molecular complexity index is 375. The Kier molecular flexibility index (Phi) is 6.28. The molecule has 100 valence electrons. The highest BCUT2D eigenvalue weighted by Gasteiger charge is 2.36. The highest BCUT2D eigenvalue weighted by atomic mass is 16.5. The minimum Gasteiger partial charge on any atom is -0.450 e. The van der Waals surface area contributed by atoms with E-state index in [4.69, 9.17) is 17.9 Å². The number of ether oxygens (including phenoxy) is 1. The molecule has 1 unspecified atom stereocenters. The number of hydrogen-bond acceptors (Lipinski definition) is 4. The maximum absolute atomic E-state index is 11.4. The van der Waals surface area contributed by atoms with E-state index in [9.17, 15) is 14.4 Å². The second-order valence-corrected chi connectivity index (χ2v) is 3.58. The van der Waals surface area contributed by atoms with Crippen molar-refractivity contribution in [1.29, 1.82) is 0 Å². The van der Waals surface area contributed by atoms with E-state index in [-0.39, 0.29) is 25.9 Å². The molecule has 1 atom stereocenters. The summed E-state index contributed by atoms with van der Waals surface area (Å²) in [7, 11) is 0. The molecule has 7 heteroatoms. The number of carbonyl (C=O) groups excluding carboxylic acids is 3. The largest absolute Gasteiger partial charge is 0.450 e. The number of hydrogen-bond donors (Lipinski definition) is 3. The summed E-state index contributed by atoms with van der Waals surface area (Å²) in [6, 6.07) is 0. The molecule has 7 nitrogen and oxygen atoms in total. The van der Waals surface area contributed by atoms with Crippen molar-refractivity contribution < 1.29 is 19.1 Å². The van der Waals surface area contributed by atoms with Crippen LogP contribution >= 0.6 is 0 Å². The van der Waals surface area contributed by atoms with Crippen LogP contribution in [0.25, 0.3) is 0 Å². The highest BCUT2D eigenvalue weighted by molar-refractivity contribution is 5.92. The van der Waals surface area contributed by atoms with E-state index in [1.165, 1.54) is 0 Å². The summed E-state index contributed by atoms with van der Waals surface area (Å²) in [5.41, 5.74) is 8.48. The third kappa shape index (κ3) is 4.74. The average molecular weight is 255 g/mol. The Balaban J connectivity index is 4.73. The molecule has 0 radical (unpaired) electrons. The molecule has 0 aromatic carbocycles. The quantitative estimate of drug-likeness (QED) is 0.517. The number of terminal acetylenes is 1. The lowest BCUT2D eigenvalue weighted by atomic mass is 9.92. The molecule has 0 aliphatic heterocycles. The summed E-state index contributed by atoms with van der Waals surface area (Å²) in [6.07, 6.45) is 4.68. The van der Waals surface area contributed by atoms with Crippen LogP contribution in [0.1, 0.15) is 26.2 Å². The van der Waals surface area contributed by atoms with Crippen molar-refractivity contribution in [1.82, 2.24) is 5.32 Å². The molecule has 0 heterocycles. The maximum Gasteiger partial charge on any atom is 0.408 e. The van der Waals surface area contributed by atoms with Crippen LogP contribution in [0.15, 0.2) is 0 Å². The lowest BCUT2D eigenvalue weighted by molar-refractivity contribution is -0.123. The number of nitrogens with two attached hydrogens (primary N) is 2. The van der Waals surface area contributed by atoms with Gasteiger partial charge in [0.15, 0.2) is 5.54 Å². The first-order chi connectivity index (χ1) is 8.38. The molecular weight excluding hydrogens is 238 g/mol. The van der Waals surface area contributed by atoms with Gasteiger partial charge < -0.3 is 16.2 Å². The second kappa shape index (κ2) is 7.17. The van der Waals surface area contributed by atoms with Crippen molar-refractivity contribution in [3.8, 4) is 12.3 Å². The smallest absolute Gasteiger partial charge is 0.408 e. The zero-order valence-electron chi connectivity index (χ0n) is 10.2. The van der Waals surface area contributed by atoms with Gasteiger partial charge in [0, 0.05) is 6.42 Å². The van der Waals surface area contributed by atoms with Gasteiger partial charge in [-0.05, 0) is 19.8 Å². The first-order valence-electron chi connectivity index (χ1n) is 5.39. The molecule has 18 heavy (non-hydrogen) atoms. The topological polar surface area (TPSA) is 125 Å². The fraction of sp³-hybridized carbons (Fsp3) is 0.545. The molecule has 0 aromatic heterocycles. The molecule has 0 bridgehead atoms. The third-order valence-corrected chi connectivity index (χ3v) is 2.23. The molecule has 0 saturated carbocycles. The summed E-state index contributed by atoms with van der Waals surface area (Å²) < 4.78 is 4.63. The average Bonchev–Trinajstić information content (AvgIpc) is 2.27. The van der Waals surface area contributed by atoms with E-state index in [1.807, 2.05) is 0 Å². The number of primary amides is 2. The van der Waals surface area contributed by atoms with E-state index in [1.54, 1.807) is 6.92 Å². The number of rotatable bonds is 7. The van der Waals surface area contributed by atoms with E-state index in [2.05, 4.69) is 16.0 Å². The first kappa shape index (κ1) is 15.8. The van der Waals surface area contributed by atoms with Gasteiger partial charge in [-0.1, -0.05) is 5.92 Å². The summed E-state index contributed by atoms with van der Waals surface area (Å²) in [5.74, 6) is 0.727. The molecule has 0 fully saturated rings. The van der Waals surface area contributed by atoms with E-state index >= 15 is 0 Å². The van der Waals surface area contributed by atoms with Crippen molar-refractivity contribution in [3.05, 3.63) is 0 Å². The van der Waals surface area contributed by atoms with Gasteiger partial charge in [-0.25, -0.2) is 4.79 Å². The van der Waals surface area contributed by atoms with Crippen molar-refractivity contribution >= 4 is 17.9 Å². The Morgan fingerprint density at radius 3 is 2.39 bits per heavy atom. The van der Waals surface area contributed by atoms with Gasteiger partial charge in [0.2, 0.25) is 5.91 Å². The Labute approximate surface area is 105 Å². The van der Waals surface area contributed by atoms with Gasteiger partial charge in [0.25, 0.3) is 5.91 Å². The van der Waals surface area contributed by atoms with Gasteiger partial charge in [0.1, 0.15) is 0 Å². The third-order valence-electron chi connectivity index (χ3n) is 2.23. The number of nitrogens with one attached hydrogen (secondary N) is 1. The lowest BCUT2D eigenvalue weighted by Gasteiger charge is -2.25. The highest BCUT2D eigenvalue weighted by Crippen LogP contribution is 2.13. The van der Waals surface area contributed by atoms with Crippen molar-refractivity contribution in [2.75, 3.05) is 6.61 Å². The summed E-state index contributed by atoms with van der Waals surface area (Å²) in [6.45, 7) is 1.74. The van der Waals surface area contributed by atoms with Crippen LogP contribution < -0.4 is 16.8 Å². The normalized spacial score (nSPS) is 12.9. The number of carbonyl (C=O) groups is 3. The SMILES string of the molecule is C#CC(CCCC(N)=O)(NC(=O)OCC)C(N)=O. The van der Waals surface area contributed by atoms with Crippen LogP contribution in [0.4, 0.5) is 4.79 Å². The number of alkyl carbamates (subject to hydrolysis) is 1. The molecule has 0 aromatic rings. The lowest BCUT2D eigenvalue weighted by Crippen LogP contribution is -2.56. The van der Waals surface area contributed by atoms with Crippen LogP contribution in [0.2, 0.25) is 0 Å². The van der Waals surface area contributed by atoms with Gasteiger partial charge in [-0.3, -0.25) is 14.9 Å². The second-order valence-electron chi connectivity index (χ2n) is 3.58. The van der Waals surface area contributed by atoms with Gasteiger partial charge in [-0.15, -0.1) is 6.42 Å². The molecule has 0 spiro atoms. The zero-order chi connectivity index (χ0) is 14.2. The van der Waals surface area contributed by atoms with E-state index in [0.29, 0.717) is 0 Å². The molecule has 0 rings (SSSR count). The van der Waals surface area contributed by atoms with Crippen molar-refractivity contribution in [2.24, 2.45) is 11.5 Å². The van der Waals surface area contributed by atoms with E-state index in [0.717, 1.165) is 0 Å².